The van der Waals surface area contributed by atoms with Crippen LogP contribution in [0.1, 0.15) is 34.3 Å². The van der Waals surface area contributed by atoms with Gasteiger partial charge in [-0.2, -0.15) is 5.10 Å². The van der Waals surface area contributed by atoms with Crippen LogP contribution in [0.3, 0.4) is 0 Å². The molecule has 7 nitrogen and oxygen atoms in total. The third-order valence-electron chi connectivity index (χ3n) is 4.00. The first-order chi connectivity index (χ1) is 11.1. The zero-order valence-corrected chi connectivity index (χ0v) is 13.4. The third-order valence-corrected chi connectivity index (χ3v) is 4.00. The van der Waals surface area contributed by atoms with E-state index in [0.29, 0.717) is 18.1 Å². The number of carbonyl (C=O) groups excluding carboxylic acids is 1. The predicted octanol–water partition coefficient (Wildman–Crippen LogP) is 1.39. The molecule has 1 fully saturated rings. The van der Waals surface area contributed by atoms with Gasteiger partial charge >= 0.3 is 0 Å². The Labute approximate surface area is 134 Å². The topological polar surface area (TPSA) is 78.3 Å². The number of methoxy groups -OCH3 is 1. The van der Waals surface area contributed by atoms with E-state index >= 15 is 0 Å². The molecule has 0 spiro atoms. The Balaban J connectivity index is 1.78. The van der Waals surface area contributed by atoms with Gasteiger partial charge in [0.15, 0.2) is 0 Å². The lowest BCUT2D eigenvalue weighted by atomic mass is 10.1. The summed E-state index contributed by atoms with van der Waals surface area (Å²) in [5.41, 5.74) is 2.17. The SMILES string of the molecule is COc1nc(C)ccc1C(=O)N[C@H]1CCO[C@@H]1c1ccnn1C. The van der Waals surface area contributed by atoms with Crippen molar-refractivity contribution in [3.63, 3.8) is 0 Å². The molecule has 2 atom stereocenters. The summed E-state index contributed by atoms with van der Waals surface area (Å²) in [4.78, 5) is 16.8. The Kier molecular flexibility index (Phi) is 4.29. The summed E-state index contributed by atoms with van der Waals surface area (Å²) in [6.07, 6.45) is 2.28. The number of amides is 1. The van der Waals surface area contributed by atoms with Crippen molar-refractivity contribution in [1.82, 2.24) is 20.1 Å². The van der Waals surface area contributed by atoms with Gasteiger partial charge in [-0.3, -0.25) is 9.48 Å². The van der Waals surface area contributed by atoms with E-state index in [-0.39, 0.29) is 18.1 Å². The number of aromatic nitrogens is 3. The zero-order chi connectivity index (χ0) is 16.4. The molecular weight excluding hydrogens is 296 g/mol. The largest absolute Gasteiger partial charge is 0.480 e. The first kappa shape index (κ1) is 15.5. The second kappa shape index (κ2) is 6.37. The molecule has 1 N–H and O–H groups in total. The maximum absolute atomic E-state index is 12.6. The van der Waals surface area contributed by atoms with Crippen molar-refractivity contribution < 1.29 is 14.3 Å². The fourth-order valence-corrected chi connectivity index (χ4v) is 2.80. The Morgan fingerprint density at radius 3 is 2.96 bits per heavy atom. The maximum Gasteiger partial charge on any atom is 0.257 e. The number of nitrogens with zero attached hydrogens (tertiary/aromatic N) is 3. The van der Waals surface area contributed by atoms with Crippen molar-refractivity contribution >= 4 is 5.91 Å². The van der Waals surface area contributed by atoms with Gasteiger partial charge in [0.25, 0.3) is 5.91 Å². The highest BCUT2D eigenvalue weighted by Crippen LogP contribution is 2.29. The Morgan fingerprint density at radius 1 is 1.43 bits per heavy atom. The van der Waals surface area contributed by atoms with Crippen LogP contribution in [0, 0.1) is 6.92 Å². The van der Waals surface area contributed by atoms with Gasteiger partial charge in [0, 0.05) is 25.5 Å². The lowest BCUT2D eigenvalue weighted by Crippen LogP contribution is -2.37. The highest BCUT2D eigenvalue weighted by molar-refractivity contribution is 5.96. The van der Waals surface area contributed by atoms with E-state index in [4.69, 9.17) is 9.47 Å². The van der Waals surface area contributed by atoms with Gasteiger partial charge < -0.3 is 14.8 Å². The summed E-state index contributed by atoms with van der Waals surface area (Å²) in [5.74, 6) is 0.121. The van der Waals surface area contributed by atoms with Gasteiger partial charge in [-0.25, -0.2) is 4.98 Å². The van der Waals surface area contributed by atoms with Gasteiger partial charge in [0.1, 0.15) is 11.7 Å². The second-order valence-corrected chi connectivity index (χ2v) is 5.55. The summed E-state index contributed by atoms with van der Waals surface area (Å²) < 4.78 is 12.8. The summed E-state index contributed by atoms with van der Waals surface area (Å²) in [5, 5.41) is 7.19. The third kappa shape index (κ3) is 3.05. The second-order valence-electron chi connectivity index (χ2n) is 5.55. The fraction of sp³-hybridized carbons (Fsp3) is 0.438. The molecule has 2 aromatic rings. The molecule has 0 bridgehead atoms. The van der Waals surface area contributed by atoms with E-state index in [9.17, 15) is 4.79 Å². The number of hydrogen-bond acceptors (Lipinski definition) is 5. The molecule has 1 aliphatic rings. The smallest absolute Gasteiger partial charge is 0.257 e. The van der Waals surface area contributed by atoms with Gasteiger partial charge in [0.2, 0.25) is 5.88 Å². The first-order valence-corrected chi connectivity index (χ1v) is 7.52. The van der Waals surface area contributed by atoms with Crippen LogP contribution in [0.4, 0.5) is 0 Å². The monoisotopic (exact) mass is 316 g/mol. The van der Waals surface area contributed by atoms with Crippen LogP contribution in [-0.2, 0) is 11.8 Å². The predicted molar refractivity (Wildman–Crippen MR) is 83.3 cm³/mol. The van der Waals surface area contributed by atoms with E-state index in [0.717, 1.165) is 17.8 Å². The lowest BCUT2D eigenvalue weighted by molar-refractivity contribution is 0.0790. The Hall–Kier alpha value is -2.41. The number of rotatable bonds is 4. The van der Waals surface area contributed by atoms with E-state index in [1.165, 1.54) is 7.11 Å². The van der Waals surface area contributed by atoms with Crippen molar-refractivity contribution in [3.05, 3.63) is 41.3 Å². The van der Waals surface area contributed by atoms with Crippen molar-refractivity contribution in [3.8, 4) is 5.88 Å². The molecular formula is C16H20N4O3. The standard InChI is InChI=1S/C16H20N4O3/c1-10-4-5-11(16(18-10)22-3)15(21)19-12-7-9-23-14(12)13-6-8-17-20(13)2/h4-6,8,12,14H,7,9H2,1-3H3,(H,19,21)/t12-,14-/m0/s1. The molecule has 7 heteroatoms. The minimum absolute atomic E-state index is 0.107. The van der Waals surface area contributed by atoms with Crippen LogP contribution in [0.15, 0.2) is 24.4 Å². The van der Waals surface area contributed by atoms with Crippen LogP contribution >= 0.6 is 0 Å². The minimum Gasteiger partial charge on any atom is -0.480 e. The summed E-state index contributed by atoms with van der Waals surface area (Å²) >= 11 is 0. The van der Waals surface area contributed by atoms with E-state index in [1.54, 1.807) is 23.0 Å². The molecule has 0 aliphatic carbocycles. The number of ether oxygens (including phenoxy) is 2. The van der Waals surface area contributed by atoms with Crippen molar-refractivity contribution in [1.29, 1.82) is 0 Å². The fourth-order valence-electron chi connectivity index (χ4n) is 2.80. The van der Waals surface area contributed by atoms with Crippen molar-refractivity contribution in [2.45, 2.75) is 25.5 Å². The van der Waals surface area contributed by atoms with E-state index in [1.807, 2.05) is 20.0 Å². The molecule has 0 saturated carbocycles. The lowest BCUT2D eigenvalue weighted by Gasteiger charge is -2.20. The molecule has 1 saturated heterocycles. The van der Waals surface area contributed by atoms with E-state index < -0.39 is 0 Å². The summed E-state index contributed by atoms with van der Waals surface area (Å²) in [6, 6.07) is 5.32. The van der Waals surface area contributed by atoms with Crippen LogP contribution < -0.4 is 10.1 Å². The average molecular weight is 316 g/mol. The van der Waals surface area contributed by atoms with E-state index in [2.05, 4.69) is 15.4 Å². The Morgan fingerprint density at radius 2 is 2.26 bits per heavy atom. The zero-order valence-electron chi connectivity index (χ0n) is 13.4. The quantitative estimate of drug-likeness (QED) is 0.922. The number of nitrogens with one attached hydrogen (secondary N) is 1. The molecule has 3 rings (SSSR count). The molecule has 2 aromatic heterocycles. The molecule has 0 unspecified atom stereocenters. The molecule has 1 amide bonds. The number of hydrogen-bond donors (Lipinski definition) is 1. The highest BCUT2D eigenvalue weighted by atomic mass is 16.5. The average Bonchev–Trinajstić information content (AvgIpc) is 3.15. The molecule has 3 heterocycles. The van der Waals surface area contributed by atoms with Gasteiger partial charge in [-0.15, -0.1) is 0 Å². The maximum atomic E-state index is 12.6. The van der Waals surface area contributed by atoms with Crippen molar-refractivity contribution in [2.24, 2.45) is 7.05 Å². The molecule has 23 heavy (non-hydrogen) atoms. The van der Waals surface area contributed by atoms with Gasteiger partial charge in [0.05, 0.1) is 18.8 Å². The molecule has 1 aliphatic heterocycles. The molecule has 0 aromatic carbocycles. The number of carbonyl (C=O) groups is 1. The summed E-state index contributed by atoms with van der Waals surface area (Å²) in [6.45, 7) is 2.46. The van der Waals surface area contributed by atoms with Crippen LogP contribution in [0.5, 0.6) is 5.88 Å². The minimum atomic E-state index is -0.211. The normalized spacial score (nSPS) is 20.5. The van der Waals surface area contributed by atoms with Crippen LogP contribution in [-0.4, -0.2) is 40.4 Å². The van der Waals surface area contributed by atoms with Gasteiger partial charge in [-0.1, -0.05) is 0 Å². The highest BCUT2D eigenvalue weighted by Gasteiger charge is 2.33. The first-order valence-electron chi connectivity index (χ1n) is 7.52. The molecule has 0 radical (unpaired) electrons. The summed E-state index contributed by atoms with van der Waals surface area (Å²) in [7, 11) is 3.37. The van der Waals surface area contributed by atoms with Crippen LogP contribution in [0.25, 0.3) is 0 Å². The number of aryl methyl sites for hydroxylation is 2. The Bertz CT molecular complexity index is 713. The van der Waals surface area contributed by atoms with Crippen LogP contribution in [0.2, 0.25) is 0 Å². The van der Waals surface area contributed by atoms with Gasteiger partial charge in [-0.05, 0) is 31.5 Å². The number of pyridine rings is 1. The molecule has 122 valence electrons. The van der Waals surface area contributed by atoms with Crippen molar-refractivity contribution in [2.75, 3.05) is 13.7 Å².